The van der Waals surface area contributed by atoms with Crippen molar-refractivity contribution >= 4 is 0 Å². The van der Waals surface area contributed by atoms with Crippen LogP contribution in [-0.2, 0) is 4.74 Å². The Hall–Kier alpha value is -0.0800. The third kappa shape index (κ3) is 1.94. The Morgan fingerprint density at radius 1 is 1.55 bits per heavy atom. The first-order valence-corrected chi connectivity index (χ1v) is 4.34. The smallest absolute Gasteiger partial charge is 0.0694 e. The van der Waals surface area contributed by atoms with Crippen LogP contribution in [0.15, 0.2) is 0 Å². The van der Waals surface area contributed by atoms with E-state index in [4.69, 9.17) is 4.74 Å². The lowest BCUT2D eigenvalue weighted by Crippen LogP contribution is -2.45. The van der Waals surface area contributed by atoms with Crippen LogP contribution in [-0.4, -0.2) is 23.9 Å². The van der Waals surface area contributed by atoms with E-state index >= 15 is 0 Å². The van der Waals surface area contributed by atoms with Crippen molar-refractivity contribution in [2.45, 2.75) is 32.8 Å². The molecule has 2 heteroatoms. The van der Waals surface area contributed by atoms with Crippen LogP contribution in [0.25, 0.3) is 0 Å². The van der Waals surface area contributed by atoms with E-state index in [0.29, 0.717) is 25.0 Å². The minimum absolute atomic E-state index is 0.302. The molecule has 2 atom stereocenters. The molecule has 0 saturated carbocycles. The summed E-state index contributed by atoms with van der Waals surface area (Å²) in [6.45, 7) is 7.60. The molecule has 11 heavy (non-hydrogen) atoms. The predicted octanol–water partition coefficient (Wildman–Crippen LogP) is 1.43. The summed E-state index contributed by atoms with van der Waals surface area (Å²) in [7, 11) is 0. The molecule has 0 spiro atoms. The lowest BCUT2D eigenvalue weighted by molar-refractivity contribution is -0.115. The van der Waals surface area contributed by atoms with E-state index in [9.17, 15) is 5.11 Å². The van der Waals surface area contributed by atoms with E-state index in [1.54, 1.807) is 0 Å². The molecule has 0 aromatic rings. The van der Waals surface area contributed by atoms with Crippen molar-refractivity contribution in [3.8, 4) is 0 Å². The lowest BCUT2D eigenvalue weighted by Gasteiger charge is -2.39. The quantitative estimate of drug-likeness (QED) is 0.625. The maximum atomic E-state index is 9.92. The molecule has 1 heterocycles. The van der Waals surface area contributed by atoms with Gasteiger partial charge in [0.25, 0.3) is 0 Å². The molecule has 1 aliphatic heterocycles. The summed E-state index contributed by atoms with van der Waals surface area (Å²) >= 11 is 0. The standard InChI is InChI=1S/C9H18O2/c1-7(2)8-6-11-5-4-9(8,3)10/h7-8,10H,4-6H2,1-3H3/t8-,9-/m1/s1. The molecule has 1 saturated heterocycles. The van der Waals surface area contributed by atoms with Gasteiger partial charge in [-0.25, -0.2) is 0 Å². The number of hydrogen-bond donors (Lipinski definition) is 1. The third-order valence-corrected chi connectivity index (χ3v) is 2.65. The summed E-state index contributed by atoms with van der Waals surface area (Å²) in [6.07, 6.45) is 0.774. The van der Waals surface area contributed by atoms with Crippen molar-refractivity contribution in [3.63, 3.8) is 0 Å². The summed E-state index contributed by atoms with van der Waals surface area (Å²) in [5.74, 6) is 0.807. The highest BCUT2D eigenvalue weighted by atomic mass is 16.5. The van der Waals surface area contributed by atoms with Gasteiger partial charge in [0.2, 0.25) is 0 Å². The molecule has 0 unspecified atom stereocenters. The molecule has 1 rings (SSSR count). The van der Waals surface area contributed by atoms with Crippen LogP contribution >= 0.6 is 0 Å². The Kier molecular flexibility index (Phi) is 2.55. The molecule has 0 amide bonds. The van der Waals surface area contributed by atoms with Crippen LogP contribution in [0.5, 0.6) is 0 Å². The van der Waals surface area contributed by atoms with Crippen LogP contribution in [0.1, 0.15) is 27.2 Å². The topological polar surface area (TPSA) is 29.5 Å². The van der Waals surface area contributed by atoms with E-state index in [1.165, 1.54) is 0 Å². The van der Waals surface area contributed by atoms with E-state index < -0.39 is 5.60 Å². The van der Waals surface area contributed by atoms with Crippen molar-refractivity contribution in [1.82, 2.24) is 0 Å². The van der Waals surface area contributed by atoms with Gasteiger partial charge in [-0.3, -0.25) is 0 Å². The van der Waals surface area contributed by atoms with Gasteiger partial charge in [-0.15, -0.1) is 0 Å². The molecule has 0 radical (unpaired) electrons. The van der Waals surface area contributed by atoms with Gasteiger partial charge >= 0.3 is 0 Å². The zero-order chi connectivity index (χ0) is 8.48. The Labute approximate surface area is 68.6 Å². The monoisotopic (exact) mass is 158 g/mol. The molecule has 1 aliphatic rings. The molecule has 1 fully saturated rings. The minimum atomic E-state index is -0.508. The first kappa shape index (κ1) is 9.01. The second-order valence-corrected chi connectivity index (χ2v) is 4.03. The second kappa shape index (κ2) is 3.11. The summed E-state index contributed by atoms with van der Waals surface area (Å²) in [4.78, 5) is 0. The Morgan fingerprint density at radius 3 is 2.55 bits per heavy atom. The first-order valence-electron chi connectivity index (χ1n) is 4.34. The summed E-state index contributed by atoms with van der Waals surface area (Å²) < 4.78 is 5.32. The van der Waals surface area contributed by atoms with Crippen LogP contribution in [0.3, 0.4) is 0 Å². The molecule has 0 aromatic heterocycles. The number of rotatable bonds is 1. The van der Waals surface area contributed by atoms with E-state index in [0.717, 1.165) is 6.42 Å². The van der Waals surface area contributed by atoms with Crippen molar-refractivity contribution in [2.24, 2.45) is 11.8 Å². The third-order valence-electron chi connectivity index (χ3n) is 2.65. The number of ether oxygens (including phenoxy) is 1. The van der Waals surface area contributed by atoms with Gasteiger partial charge in [0.05, 0.1) is 12.2 Å². The van der Waals surface area contributed by atoms with Crippen molar-refractivity contribution < 1.29 is 9.84 Å². The highest BCUT2D eigenvalue weighted by molar-refractivity contribution is 4.86. The first-order chi connectivity index (χ1) is 5.04. The van der Waals surface area contributed by atoms with Gasteiger partial charge in [-0.05, 0) is 19.3 Å². The van der Waals surface area contributed by atoms with Crippen molar-refractivity contribution in [3.05, 3.63) is 0 Å². The predicted molar refractivity (Wildman–Crippen MR) is 44.4 cm³/mol. The molecule has 0 aromatic carbocycles. The summed E-state index contributed by atoms with van der Waals surface area (Å²) in [5, 5.41) is 9.92. The molecule has 2 nitrogen and oxygen atoms in total. The van der Waals surface area contributed by atoms with Gasteiger partial charge in [-0.1, -0.05) is 13.8 Å². The van der Waals surface area contributed by atoms with Crippen LogP contribution in [0.4, 0.5) is 0 Å². The van der Waals surface area contributed by atoms with Crippen LogP contribution in [0.2, 0.25) is 0 Å². The van der Waals surface area contributed by atoms with Crippen LogP contribution < -0.4 is 0 Å². The minimum Gasteiger partial charge on any atom is -0.390 e. The van der Waals surface area contributed by atoms with Gasteiger partial charge in [0, 0.05) is 12.5 Å². The molecule has 0 bridgehead atoms. The molecular weight excluding hydrogens is 140 g/mol. The summed E-state index contributed by atoms with van der Waals surface area (Å²) in [6, 6.07) is 0. The van der Waals surface area contributed by atoms with Gasteiger partial charge < -0.3 is 9.84 Å². The fraction of sp³-hybridized carbons (Fsp3) is 1.00. The van der Waals surface area contributed by atoms with Crippen molar-refractivity contribution in [2.75, 3.05) is 13.2 Å². The maximum Gasteiger partial charge on any atom is 0.0694 e. The van der Waals surface area contributed by atoms with E-state index in [1.807, 2.05) is 6.92 Å². The Balaban J connectivity index is 2.60. The number of hydrogen-bond acceptors (Lipinski definition) is 2. The van der Waals surface area contributed by atoms with Gasteiger partial charge in [0.15, 0.2) is 0 Å². The van der Waals surface area contributed by atoms with E-state index in [2.05, 4.69) is 13.8 Å². The second-order valence-electron chi connectivity index (χ2n) is 4.03. The lowest BCUT2D eigenvalue weighted by atomic mass is 9.78. The fourth-order valence-electron chi connectivity index (χ4n) is 1.76. The average molecular weight is 158 g/mol. The average Bonchev–Trinajstić information content (AvgIpc) is 1.85. The molecule has 0 aliphatic carbocycles. The highest BCUT2D eigenvalue weighted by Gasteiger charge is 2.36. The number of aliphatic hydroxyl groups is 1. The zero-order valence-corrected chi connectivity index (χ0v) is 7.63. The molecule has 66 valence electrons. The van der Waals surface area contributed by atoms with Gasteiger partial charge in [0.1, 0.15) is 0 Å². The van der Waals surface area contributed by atoms with Crippen molar-refractivity contribution in [1.29, 1.82) is 0 Å². The zero-order valence-electron chi connectivity index (χ0n) is 7.63. The van der Waals surface area contributed by atoms with Gasteiger partial charge in [-0.2, -0.15) is 0 Å². The molecular formula is C9H18O2. The molecule has 1 N–H and O–H groups in total. The maximum absolute atomic E-state index is 9.92. The largest absolute Gasteiger partial charge is 0.390 e. The Bertz CT molecular complexity index is 130. The fourth-order valence-corrected chi connectivity index (χ4v) is 1.76. The van der Waals surface area contributed by atoms with E-state index in [-0.39, 0.29) is 0 Å². The highest BCUT2D eigenvalue weighted by Crippen LogP contribution is 2.31. The van der Waals surface area contributed by atoms with Crippen LogP contribution in [0, 0.1) is 11.8 Å². The SMILES string of the molecule is CC(C)[C@H]1COCC[C@@]1(C)O. The Morgan fingerprint density at radius 2 is 2.18 bits per heavy atom. The normalized spacial score (nSPS) is 39.5. The summed E-state index contributed by atoms with van der Waals surface area (Å²) in [5.41, 5.74) is -0.508.